The first kappa shape index (κ1) is 25.0. The van der Waals surface area contributed by atoms with Gasteiger partial charge in [0.25, 0.3) is 0 Å². The van der Waals surface area contributed by atoms with E-state index in [0.29, 0.717) is 0 Å². The van der Waals surface area contributed by atoms with Crippen molar-refractivity contribution in [1.29, 1.82) is 0 Å². The van der Waals surface area contributed by atoms with Crippen LogP contribution in [0.5, 0.6) is 5.75 Å². The number of nitrogens with one attached hydrogen (secondary N) is 2. The Morgan fingerprint density at radius 1 is 1.18 bits per heavy atom. The fraction of sp³-hybridized carbons (Fsp3) is 0.667. The molecule has 28 heavy (non-hydrogen) atoms. The molecule has 0 bridgehead atoms. The molecular weight excluding hydrogens is 465 g/mol. The standard InChI is InChI=1S/C21H37N5O.HI/c1-5-22-21(24-11-14-26-13-6-12-25(3)15-16-26)23-10-9-19-17-18(2)7-8-20(19)27-4;/h7-8,17H,5-6,9-16H2,1-4H3,(H2,22,23,24);1H. The predicted molar refractivity (Wildman–Crippen MR) is 129 cm³/mol. The number of rotatable bonds is 8. The van der Waals surface area contributed by atoms with Crippen LogP contribution in [-0.2, 0) is 6.42 Å². The van der Waals surface area contributed by atoms with Gasteiger partial charge < -0.3 is 25.2 Å². The number of aryl methyl sites for hydroxylation is 1. The maximum Gasteiger partial charge on any atom is 0.191 e. The van der Waals surface area contributed by atoms with E-state index in [2.05, 4.69) is 53.5 Å². The third kappa shape index (κ3) is 8.96. The first-order chi connectivity index (χ1) is 13.1. The lowest BCUT2D eigenvalue weighted by Crippen LogP contribution is -2.39. The van der Waals surface area contributed by atoms with E-state index in [-0.39, 0.29) is 24.0 Å². The van der Waals surface area contributed by atoms with Gasteiger partial charge in [0, 0.05) is 32.7 Å². The molecule has 0 aromatic heterocycles. The summed E-state index contributed by atoms with van der Waals surface area (Å²) in [7, 11) is 3.94. The van der Waals surface area contributed by atoms with Gasteiger partial charge in [-0.2, -0.15) is 0 Å². The van der Waals surface area contributed by atoms with Crippen molar-refractivity contribution in [2.24, 2.45) is 4.99 Å². The topological polar surface area (TPSA) is 52.1 Å². The van der Waals surface area contributed by atoms with Gasteiger partial charge >= 0.3 is 0 Å². The molecule has 7 heteroatoms. The Bertz CT molecular complexity index is 596. The van der Waals surface area contributed by atoms with E-state index < -0.39 is 0 Å². The molecule has 1 saturated heterocycles. The van der Waals surface area contributed by atoms with E-state index >= 15 is 0 Å². The number of guanidine groups is 1. The monoisotopic (exact) mass is 503 g/mol. The SMILES string of the molecule is CCNC(=NCCN1CCCN(C)CC1)NCCc1cc(C)ccc1OC.I. The number of halogens is 1. The van der Waals surface area contributed by atoms with Crippen LogP contribution >= 0.6 is 24.0 Å². The lowest BCUT2D eigenvalue weighted by atomic mass is 10.1. The number of methoxy groups -OCH3 is 1. The molecule has 1 fully saturated rings. The van der Waals surface area contributed by atoms with Gasteiger partial charge in [-0.25, -0.2) is 0 Å². The number of hydrogen-bond acceptors (Lipinski definition) is 4. The molecule has 160 valence electrons. The molecule has 0 unspecified atom stereocenters. The van der Waals surface area contributed by atoms with Crippen LogP contribution in [0.15, 0.2) is 23.2 Å². The van der Waals surface area contributed by atoms with Crippen LogP contribution in [0.4, 0.5) is 0 Å². The first-order valence-electron chi connectivity index (χ1n) is 10.2. The summed E-state index contributed by atoms with van der Waals surface area (Å²) in [6.45, 7) is 12.4. The summed E-state index contributed by atoms with van der Waals surface area (Å²) in [4.78, 5) is 9.69. The Morgan fingerprint density at radius 3 is 2.75 bits per heavy atom. The highest BCUT2D eigenvalue weighted by Crippen LogP contribution is 2.19. The summed E-state index contributed by atoms with van der Waals surface area (Å²) in [5.41, 5.74) is 2.49. The van der Waals surface area contributed by atoms with Crippen molar-refractivity contribution in [3.8, 4) is 5.75 Å². The van der Waals surface area contributed by atoms with Crippen LogP contribution < -0.4 is 15.4 Å². The van der Waals surface area contributed by atoms with Gasteiger partial charge in [0.15, 0.2) is 5.96 Å². The van der Waals surface area contributed by atoms with Crippen molar-refractivity contribution in [2.45, 2.75) is 26.7 Å². The summed E-state index contributed by atoms with van der Waals surface area (Å²) < 4.78 is 5.47. The molecule has 2 N–H and O–H groups in total. The molecule has 0 radical (unpaired) electrons. The van der Waals surface area contributed by atoms with Crippen molar-refractivity contribution < 1.29 is 4.74 Å². The second kappa shape index (κ2) is 14.0. The van der Waals surface area contributed by atoms with Crippen LogP contribution in [0.2, 0.25) is 0 Å². The summed E-state index contributed by atoms with van der Waals surface area (Å²) in [6, 6.07) is 6.32. The highest BCUT2D eigenvalue weighted by Gasteiger charge is 2.11. The smallest absolute Gasteiger partial charge is 0.191 e. The van der Waals surface area contributed by atoms with Crippen LogP contribution in [0, 0.1) is 6.92 Å². The number of nitrogens with zero attached hydrogens (tertiary/aromatic N) is 3. The molecule has 0 atom stereocenters. The maximum absolute atomic E-state index is 5.47. The van der Waals surface area contributed by atoms with Crippen LogP contribution in [-0.4, -0.2) is 82.3 Å². The first-order valence-corrected chi connectivity index (χ1v) is 10.2. The van der Waals surface area contributed by atoms with Crippen molar-refractivity contribution in [3.63, 3.8) is 0 Å². The van der Waals surface area contributed by atoms with Crippen molar-refractivity contribution in [3.05, 3.63) is 29.3 Å². The van der Waals surface area contributed by atoms with Crippen LogP contribution in [0.1, 0.15) is 24.5 Å². The highest BCUT2D eigenvalue weighted by atomic mass is 127. The Labute approximate surface area is 188 Å². The second-order valence-electron chi connectivity index (χ2n) is 7.25. The fourth-order valence-corrected chi connectivity index (χ4v) is 3.39. The van der Waals surface area contributed by atoms with E-state index in [4.69, 9.17) is 9.73 Å². The van der Waals surface area contributed by atoms with Crippen LogP contribution in [0.25, 0.3) is 0 Å². The Morgan fingerprint density at radius 2 is 2.00 bits per heavy atom. The van der Waals surface area contributed by atoms with Gasteiger partial charge in [-0.05, 0) is 58.5 Å². The lowest BCUT2D eigenvalue weighted by molar-refractivity contribution is 0.283. The second-order valence-corrected chi connectivity index (χ2v) is 7.25. The highest BCUT2D eigenvalue weighted by molar-refractivity contribution is 14.0. The quantitative estimate of drug-likeness (QED) is 0.324. The van der Waals surface area contributed by atoms with Crippen LogP contribution in [0.3, 0.4) is 0 Å². The Balaban J connectivity index is 0.00000392. The molecular formula is C21H38IN5O. The van der Waals surface area contributed by atoms with Gasteiger partial charge in [-0.3, -0.25) is 4.99 Å². The minimum Gasteiger partial charge on any atom is -0.496 e. The molecule has 1 heterocycles. The van der Waals surface area contributed by atoms with E-state index in [0.717, 1.165) is 57.4 Å². The lowest BCUT2D eigenvalue weighted by Gasteiger charge is -2.19. The maximum atomic E-state index is 5.47. The summed E-state index contributed by atoms with van der Waals surface area (Å²) in [6.07, 6.45) is 2.16. The zero-order valence-corrected chi connectivity index (χ0v) is 20.3. The predicted octanol–water partition coefficient (Wildman–Crippen LogP) is 2.36. The van der Waals surface area contributed by atoms with E-state index in [9.17, 15) is 0 Å². The summed E-state index contributed by atoms with van der Waals surface area (Å²) in [5.74, 6) is 1.85. The molecule has 1 aromatic carbocycles. The number of benzene rings is 1. The summed E-state index contributed by atoms with van der Waals surface area (Å²) in [5, 5.41) is 6.80. The third-order valence-electron chi connectivity index (χ3n) is 4.97. The van der Waals surface area contributed by atoms with Gasteiger partial charge in [-0.1, -0.05) is 17.7 Å². The Kier molecular flexibility index (Phi) is 12.5. The largest absolute Gasteiger partial charge is 0.496 e. The molecule has 2 rings (SSSR count). The molecule has 1 aromatic rings. The van der Waals surface area contributed by atoms with Crippen molar-refractivity contribution in [1.82, 2.24) is 20.4 Å². The molecule has 0 saturated carbocycles. The average Bonchev–Trinajstić information content (AvgIpc) is 2.86. The van der Waals surface area contributed by atoms with Gasteiger partial charge in [-0.15, -0.1) is 24.0 Å². The molecule has 1 aliphatic heterocycles. The molecule has 0 spiro atoms. The molecule has 0 amide bonds. The van der Waals surface area contributed by atoms with Crippen molar-refractivity contribution >= 4 is 29.9 Å². The van der Waals surface area contributed by atoms with Crippen molar-refractivity contribution in [2.75, 3.05) is 66.5 Å². The minimum absolute atomic E-state index is 0. The zero-order valence-electron chi connectivity index (χ0n) is 18.0. The van der Waals surface area contributed by atoms with E-state index in [1.807, 2.05) is 6.07 Å². The van der Waals surface area contributed by atoms with E-state index in [1.54, 1.807) is 7.11 Å². The van der Waals surface area contributed by atoms with E-state index in [1.165, 1.54) is 30.6 Å². The molecule has 0 aliphatic carbocycles. The normalized spacial score (nSPS) is 16.2. The number of aliphatic imine (C=N–C) groups is 1. The number of hydrogen-bond donors (Lipinski definition) is 2. The van der Waals surface area contributed by atoms with Gasteiger partial charge in [0.05, 0.1) is 13.7 Å². The third-order valence-corrected chi connectivity index (χ3v) is 4.97. The summed E-state index contributed by atoms with van der Waals surface area (Å²) >= 11 is 0. The molecule has 1 aliphatic rings. The minimum atomic E-state index is 0. The zero-order chi connectivity index (χ0) is 19.5. The van der Waals surface area contributed by atoms with Gasteiger partial charge in [0.1, 0.15) is 5.75 Å². The number of likely N-dealkylation sites (N-methyl/N-ethyl adjacent to an activating group) is 1. The molecule has 6 nitrogen and oxygen atoms in total. The average molecular weight is 503 g/mol. The Hall–Kier alpha value is -1.06. The number of ether oxygens (including phenoxy) is 1. The fourth-order valence-electron chi connectivity index (χ4n) is 3.39. The van der Waals surface area contributed by atoms with Gasteiger partial charge in [0.2, 0.25) is 0 Å².